The van der Waals surface area contributed by atoms with Gasteiger partial charge in [0.25, 0.3) is 5.91 Å². The highest BCUT2D eigenvalue weighted by Gasteiger charge is 2.42. The predicted octanol–water partition coefficient (Wildman–Crippen LogP) is 2.12. The van der Waals surface area contributed by atoms with E-state index in [2.05, 4.69) is 15.4 Å². The molecule has 0 aliphatic carbocycles. The van der Waals surface area contributed by atoms with Crippen molar-refractivity contribution in [1.29, 1.82) is 0 Å². The number of alkyl halides is 3. The fraction of sp³-hybridized carbons (Fsp3) is 0.583. The molecule has 0 saturated carbocycles. The molecule has 2 fully saturated rings. The van der Waals surface area contributed by atoms with Crippen molar-refractivity contribution in [2.45, 2.75) is 70.8 Å². The largest absolute Gasteiger partial charge is 0.573 e. The van der Waals surface area contributed by atoms with Crippen LogP contribution in [0.25, 0.3) is 0 Å². The third-order valence-electron chi connectivity index (χ3n) is 6.04. The molecule has 2 heterocycles. The Kier molecular flexibility index (Phi) is 9.00. The topological polar surface area (TPSA) is 123 Å². The van der Waals surface area contributed by atoms with E-state index in [1.54, 1.807) is 20.8 Å². The summed E-state index contributed by atoms with van der Waals surface area (Å²) in [7, 11) is 0. The number of carbonyl (C=O) groups is 4. The molecular formula is C24H30F3N3O7. The third kappa shape index (κ3) is 7.12. The Hall–Kier alpha value is -3.35. The molecule has 0 unspecified atom stereocenters. The lowest BCUT2D eigenvalue weighted by Gasteiger charge is -2.31. The second-order valence-electron chi connectivity index (χ2n) is 9.06. The molecule has 1 aromatic carbocycles. The normalized spacial score (nSPS) is 22.5. The number of para-hydroxylation sites is 1. The molecule has 204 valence electrons. The van der Waals surface area contributed by atoms with Crippen LogP contribution in [0.15, 0.2) is 24.3 Å². The number of ether oxygens (including phenoxy) is 3. The van der Waals surface area contributed by atoms with Crippen molar-refractivity contribution in [3.8, 4) is 5.75 Å². The zero-order valence-electron chi connectivity index (χ0n) is 20.7. The number of likely N-dealkylation sites (tertiary alicyclic amines) is 1. The van der Waals surface area contributed by atoms with Crippen molar-refractivity contribution in [3.63, 3.8) is 0 Å². The number of nitrogens with one attached hydrogen (secondary N) is 2. The van der Waals surface area contributed by atoms with Crippen molar-refractivity contribution < 1.29 is 46.6 Å². The molecule has 4 atom stereocenters. The summed E-state index contributed by atoms with van der Waals surface area (Å²) >= 11 is 0. The van der Waals surface area contributed by atoms with E-state index in [1.165, 1.54) is 17.0 Å². The second-order valence-corrected chi connectivity index (χ2v) is 9.06. The van der Waals surface area contributed by atoms with Crippen LogP contribution in [-0.4, -0.2) is 72.5 Å². The summed E-state index contributed by atoms with van der Waals surface area (Å²) < 4.78 is 52.7. The highest BCUT2D eigenvalue weighted by atomic mass is 19.4. The number of hydrogen-bond donors (Lipinski definition) is 2. The highest BCUT2D eigenvalue weighted by molar-refractivity contribution is 6.00. The number of halogens is 3. The van der Waals surface area contributed by atoms with Crippen LogP contribution in [0, 0.1) is 5.92 Å². The first-order chi connectivity index (χ1) is 17.4. The molecular weight excluding hydrogens is 499 g/mol. The van der Waals surface area contributed by atoms with Gasteiger partial charge in [-0.1, -0.05) is 26.0 Å². The van der Waals surface area contributed by atoms with Crippen LogP contribution in [0.2, 0.25) is 0 Å². The second kappa shape index (κ2) is 11.8. The van der Waals surface area contributed by atoms with Gasteiger partial charge in [-0.2, -0.15) is 0 Å². The summed E-state index contributed by atoms with van der Waals surface area (Å²) in [4.78, 5) is 52.4. The van der Waals surface area contributed by atoms with Gasteiger partial charge in [0.05, 0.1) is 12.0 Å². The fourth-order valence-corrected chi connectivity index (χ4v) is 4.33. The van der Waals surface area contributed by atoms with E-state index < -0.39 is 66.1 Å². The zero-order valence-corrected chi connectivity index (χ0v) is 20.7. The van der Waals surface area contributed by atoms with Crippen LogP contribution in [0.1, 0.15) is 50.4 Å². The first-order valence-electron chi connectivity index (χ1n) is 12.0. The SMILES string of the molecule is CCO[C@@H]1OC(=O)C[C@@H]1NC(=O)[C@@H]1CCCN1C(=O)[C@@H](NC(=O)c1ccccc1OC(F)(F)F)C(C)C. The van der Waals surface area contributed by atoms with Crippen LogP contribution in [-0.2, 0) is 23.9 Å². The van der Waals surface area contributed by atoms with Crippen LogP contribution in [0.5, 0.6) is 5.75 Å². The van der Waals surface area contributed by atoms with Gasteiger partial charge in [-0.05, 0) is 37.8 Å². The molecule has 3 rings (SSSR count). The van der Waals surface area contributed by atoms with Crippen LogP contribution < -0.4 is 15.4 Å². The quantitative estimate of drug-likeness (QED) is 0.470. The fourth-order valence-electron chi connectivity index (χ4n) is 4.33. The summed E-state index contributed by atoms with van der Waals surface area (Å²) in [5.74, 6) is -3.61. The number of cyclic esters (lactones) is 1. The van der Waals surface area contributed by atoms with Crippen LogP contribution >= 0.6 is 0 Å². The Bertz CT molecular complexity index is 1020. The average Bonchev–Trinajstić information content (AvgIpc) is 3.43. The van der Waals surface area contributed by atoms with E-state index in [1.807, 2.05) is 0 Å². The van der Waals surface area contributed by atoms with Gasteiger partial charge in [0.2, 0.25) is 18.1 Å². The lowest BCUT2D eigenvalue weighted by molar-refractivity contribution is -0.274. The number of nitrogens with zero attached hydrogens (tertiary/aromatic N) is 1. The Morgan fingerprint density at radius 2 is 1.92 bits per heavy atom. The molecule has 0 radical (unpaired) electrons. The zero-order chi connectivity index (χ0) is 27.3. The first kappa shape index (κ1) is 28.2. The number of esters is 1. The van der Waals surface area contributed by atoms with Gasteiger partial charge in [-0.3, -0.25) is 19.2 Å². The maximum absolute atomic E-state index is 13.5. The first-order valence-corrected chi connectivity index (χ1v) is 12.0. The summed E-state index contributed by atoms with van der Waals surface area (Å²) in [6.45, 7) is 5.57. The van der Waals surface area contributed by atoms with Gasteiger partial charge in [0, 0.05) is 13.2 Å². The van der Waals surface area contributed by atoms with E-state index in [-0.39, 0.29) is 25.1 Å². The summed E-state index contributed by atoms with van der Waals surface area (Å²) in [5, 5.41) is 5.22. The molecule has 0 bridgehead atoms. The molecule has 2 saturated heterocycles. The van der Waals surface area contributed by atoms with Crippen LogP contribution in [0.4, 0.5) is 13.2 Å². The summed E-state index contributed by atoms with van der Waals surface area (Å²) in [6.07, 6.45) is -5.11. The van der Waals surface area contributed by atoms with Crippen molar-refractivity contribution in [1.82, 2.24) is 15.5 Å². The number of benzene rings is 1. The van der Waals surface area contributed by atoms with Gasteiger partial charge in [0.15, 0.2) is 0 Å². The Morgan fingerprint density at radius 1 is 1.22 bits per heavy atom. The van der Waals surface area contributed by atoms with E-state index in [0.29, 0.717) is 12.8 Å². The standard InChI is InChI=1S/C24H30F3N3O7/c1-4-35-23-15(12-18(31)36-23)28-21(33)16-9-7-11-30(16)22(34)19(13(2)3)29-20(32)14-8-5-6-10-17(14)37-24(25,26)27/h5-6,8,10,13,15-16,19,23H,4,7,9,11-12H2,1-3H3,(H,28,33)(H,29,32)/t15-,16-,19-,23+/m0/s1. The Balaban J connectivity index is 1.72. The van der Waals surface area contributed by atoms with Crippen molar-refractivity contribution >= 4 is 23.7 Å². The minimum Gasteiger partial charge on any atom is -0.433 e. The number of rotatable bonds is 9. The number of hydrogen-bond acceptors (Lipinski definition) is 7. The van der Waals surface area contributed by atoms with Gasteiger partial charge in [-0.25, -0.2) is 0 Å². The molecule has 2 N–H and O–H groups in total. The number of amides is 3. The van der Waals surface area contributed by atoms with Crippen LogP contribution in [0.3, 0.4) is 0 Å². The van der Waals surface area contributed by atoms with E-state index in [4.69, 9.17) is 9.47 Å². The van der Waals surface area contributed by atoms with Gasteiger partial charge in [-0.15, -0.1) is 13.2 Å². The molecule has 37 heavy (non-hydrogen) atoms. The predicted molar refractivity (Wildman–Crippen MR) is 122 cm³/mol. The van der Waals surface area contributed by atoms with Crippen molar-refractivity contribution in [2.24, 2.45) is 5.92 Å². The van der Waals surface area contributed by atoms with E-state index in [0.717, 1.165) is 12.1 Å². The van der Waals surface area contributed by atoms with E-state index in [9.17, 15) is 32.3 Å². The third-order valence-corrected chi connectivity index (χ3v) is 6.04. The molecule has 2 aliphatic rings. The Labute approximate surface area is 211 Å². The number of carbonyl (C=O) groups excluding carboxylic acids is 4. The minimum atomic E-state index is -5.00. The average molecular weight is 530 g/mol. The maximum Gasteiger partial charge on any atom is 0.573 e. The van der Waals surface area contributed by atoms with Crippen molar-refractivity contribution in [2.75, 3.05) is 13.2 Å². The summed E-state index contributed by atoms with van der Waals surface area (Å²) in [5.41, 5.74) is -0.387. The lowest BCUT2D eigenvalue weighted by Crippen LogP contribution is -2.56. The van der Waals surface area contributed by atoms with Gasteiger partial charge in [0.1, 0.15) is 23.9 Å². The summed E-state index contributed by atoms with van der Waals surface area (Å²) in [6, 6.07) is 2.14. The molecule has 2 aliphatic heterocycles. The molecule has 1 aromatic rings. The monoisotopic (exact) mass is 529 g/mol. The minimum absolute atomic E-state index is 0.0683. The molecule has 13 heteroatoms. The van der Waals surface area contributed by atoms with Crippen molar-refractivity contribution in [3.05, 3.63) is 29.8 Å². The molecule has 0 spiro atoms. The lowest BCUT2D eigenvalue weighted by atomic mass is 10.0. The molecule has 10 nitrogen and oxygen atoms in total. The van der Waals surface area contributed by atoms with Gasteiger partial charge >= 0.3 is 12.3 Å². The molecule has 3 amide bonds. The Morgan fingerprint density at radius 3 is 2.57 bits per heavy atom. The maximum atomic E-state index is 13.5. The highest BCUT2D eigenvalue weighted by Crippen LogP contribution is 2.27. The van der Waals surface area contributed by atoms with Gasteiger partial charge < -0.3 is 29.7 Å². The smallest absolute Gasteiger partial charge is 0.433 e. The van der Waals surface area contributed by atoms with E-state index >= 15 is 0 Å². The molecule has 0 aromatic heterocycles.